The van der Waals surface area contributed by atoms with Gasteiger partial charge < -0.3 is 10.2 Å². The first kappa shape index (κ1) is 15.2. The van der Waals surface area contributed by atoms with Crippen molar-refractivity contribution in [3.05, 3.63) is 22.4 Å². The molecule has 1 unspecified atom stereocenters. The first-order valence-electron chi connectivity index (χ1n) is 6.46. The van der Waals surface area contributed by atoms with Crippen molar-refractivity contribution in [1.82, 2.24) is 10.2 Å². The van der Waals surface area contributed by atoms with Crippen LogP contribution in [0.1, 0.15) is 38.6 Å². The Morgan fingerprint density at radius 2 is 2.06 bits per heavy atom. The Morgan fingerprint density at radius 3 is 2.50 bits per heavy atom. The van der Waals surface area contributed by atoms with Crippen molar-refractivity contribution in [3.8, 4) is 0 Å². The van der Waals surface area contributed by atoms with Crippen LogP contribution in [0.5, 0.6) is 0 Å². The van der Waals surface area contributed by atoms with Crippen LogP contribution in [0.4, 0.5) is 0 Å². The summed E-state index contributed by atoms with van der Waals surface area (Å²) in [5.41, 5.74) is 0. The third-order valence-corrected chi connectivity index (χ3v) is 4.11. The molecule has 0 radical (unpaired) electrons. The molecule has 1 amide bonds. The maximum absolute atomic E-state index is 11.9. The summed E-state index contributed by atoms with van der Waals surface area (Å²) < 4.78 is 0. The molecule has 3 nitrogen and oxygen atoms in total. The highest BCUT2D eigenvalue weighted by Crippen LogP contribution is 2.25. The molecule has 0 aromatic carbocycles. The van der Waals surface area contributed by atoms with E-state index in [2.05, 4.69) is 36.7 Å². The number of carbonyl (C=O) groups excluding carboxylic acids is 1. The predicted molar refractivity (Wildman–Crippen MR) is 77.8 cm³/mol. The zero-order valence-electron chi connectivity index (χ0n) is 11.9. The molecule has 0 saturated heterocycles. The summed E-state index contributed by atoms with van der Waals surface area (Å²) in [5, 5.41) is 5.45. The normalized spacial score (nSPS) is 13.1. The van der Waals surface area contributed by atoms with E-state index in [0.29, 0.717) is 12.5 Å². The van der Waals surface area contributed by atoms with E-state index in [0.717, 1.165) is 0 Å². The Kier molecular flexibility index (Phi) is 5.82. The summed E-state index contributed by atoms with van der Waals surface area (Å²) in [6, 6.07) is 4.69. The van der Waals surface area contributed by atoms with Crippen LogP contribution in [-0.4, -0.2) is 30.4 Å². The summed E-state index contributed by atoms with van der Waals surface area (Å²) in [5.74, 6) is 0.619. The molecule has 0 spiro atoms. The highest BCUT2D eigenvalue weighted by atomic mass is 32.1. The lowest BCUT2D eigenvalue weighted by molar-refractivity contribution is -0.130. The van der Waals surface area contributed by atoms with Crippen LogP contribution in [0.3, 0.4) is 0 Å². The number of nitrogens with zero attached hydrogens (tertiary/aromatic N) is 1. The molecule has 0 fully saturated rings. The van der Waals surface area contributed by atoms with Gasteiger partial charge in [0, 0.05) is 24.0 Å². The Balaban J connectivity index is 2.57. The molecule has 4 heteroatoms. The number of nitrogens with one attached hydrogen (secondary N) is 1. The third kappa shape index (κ3) is 4.10. The van der Waals surface area contributed by atoms with Gasteiger partial charge in [0.1, 0.15) is 0 Å². The van der Waals surface area contributed by atoms with E-state index >= 15 is 0 Å². The van der Waals surface area contributed by atoms with E-state index in [1.54, 1.807) is 16.2 Å². The summed E-state index contributed by atoms with van der Waals surface area (Å²) in [4.78, 5) is 15.0. The van der Waals surface area contributed by atoms with Crippen LogP contribution in [0.2, 0.25) is 0 Å². The molecular formula is C14H24N2OS. The number of thiophene rings is 1. The van der Waals surface area contributed by atoms with E-state index in [1.165, 1.54) is 4.88 Å². The van der Waals surface area contributed by atoms with Gasteiger partial charge in [0.15, 0.2) is 0 Å². The van der Waals surface area contributed by atoms with Crippen molar-refractivity contribution in [2.45, 2.75) is 39.8 Å². The second-order valence-electron chi connectivity index (χ2n) is 5.22. The van der Waals surface area contributed by atoms with Crippen LogP contribution in [0, 0.1) is 5.92 Å². The van der Waals surface area contributed by atoms with E-state index in [9.17, 15) is 4.79 Å². The van der Waals surface area contributed by atoms with Gasteiger partial charge in [-0.05, 0) is 31.2 Å². The molecule has 1 atom stereocenters. The standard InChI is InChI=1S/C14H24N2OS/c1-10(2)14(12-7-6-8-18-12)15-9-13(17)16(5)11(3)4/h6-8,10-11,14-15H,9H2,1-5H3. The van der Waals surface area contributed by atoms with Gasteiger partial charge >= 0.3 is 0 Å². The van der Waals surface area contributed by atoms with Gasteiger partial charge in [-0.25, -0.2) is 0 Å². The summed E-state index contributed by atoms with van der Waals surface area (Å²) in [6.07, 6.45) is 0. The highest BCUT2D eigenvalue weighted by molar-refractivity contribution is 7.10. The van der Waals surface area contributed by atoms with E-state index in [1.807, 2.05) is 20.9 Å². The van der Waals surface area contributed by atoms with Gasteiger partial charge in [-0.3, -0.25) is 4.79 Å². The van der Waals surface area contributed by atoms with Gasteiger partial charge in [0.25, 0.3) is 0 Å². The number of hydrogen-bond donors (Lipinski definition) is 1. The van der Waals surface area contributed by atoms with E-state index < -0.39 is 0 Å². The molecule has 1 rings (SSSR count). The zero-order chi connectivity index (χ0) is 13.7. The molecule has 1 aromatic heterocycles. The predicted octanol–water partition coefficient (Wildman–Crippen LogP) is 2.90. The highest BCUT2D eigenvalue weighted by Gasteiger charge is 2.19. The van der Waals surface area contributed by atoms with Crippen molar-refractivity contribution in [1.29, 1.82) is 0 Å². The average molecular weight is 268 g/mol. The van der Waals surface area contributed by atoms with E-state index in [4.69, 9.17) is 0 Å². The number of amides is 1. The maximum Gasteiger partial charge on any atom is 0.236 e. The number of rotatable bonds is 6. The second kappa shape index (κ2) is 6.90. The summed E-state index contributed by atoms with van der Waals surface area (Å²) in [7, 11) is 1.85. The molecule has 1 N–H and O–H groups in total. The third-order valence-electron chi connectivity index (χ3n) is 3.16. The lowest BCUT2D eigenvalue weighted by Gasteiger charge is -2.25. The molecule has 1 aromatic rings. The average Bonchev–Trinajstić information content (AvgIpc) is 2.81. The molecule has 0 aliphatic rings. The largest absolute Gasteiger partial charge is 0.342 e. The topological polar surface area (TPSA) is 32.3 Å². The fraction of sp³-hybridized carbons (Fsp3) is 0.643. The van der Waals surface area contributed by atoms with Crippen LogP contribution >= 0.6 is 11.3 Å². The van der Waals surface area contributed by atoms with Gasteiger partial charge in [-0.1, -0.05) is 19.9 Å². The lowest BCUT2D eigenvalue weighted by Crippen LogP contribution is -2.41. The Hall–Kier alpha value is -0.870. The van der Waals surface area contributed by atoms with Crippen LogP contribution in [0.15, 0.2) is 17.5 Å². The van der Waals surface area contributed by atoms with Crippen LogP contribution in [0.25, 0.3) is 0 Å². The molecule has 1 heterocycles. The van der Waals surface area contributed by atoms with Gasteiger partial charge in [0.2, 0.25) is 5.91 Å². The first-order valence-corrected chi connectivity index (χ1v) is 7.34. The number of carbonyl (C=O) groups is 1. The Morgan fingerprint density at radius 1 is 1.39 bits per heavy atom. The van der Waals surface area contributed by atoms with Crippen molar-refractivity contribution in [2.75, 3.05) is 13.6 Å². The SMILES string of the molecule is CC(C)C(NCC(=O)N(C)C(C)C)c1cccs1. The lowest BCUT2D eigenvalue weighted by atomic mass is 10.0. The first-order chi connectivity index (χ1) is 8.43. The molecule has 18 heavy (non-hydrogen) atoms. The van der Waals surface area contributed by atoms with Crippen LogP contribution in [-0.2, 0) is 4.79 Å². The molecule has 0 saturated carbocycles. The van der Waals surface area contributed by atoms with Crippen molar-refractivity contribution < 1.29 is 4.79 Å². The minimum Gasteiger partial charge on any atom is -0.342 e. The van der Waals surface area contributed by atoms with Crippen LogP contribution < -0.4 is 5.32 Å². The smallest absolute Gasteiger partial charge is 0.236 e. The Bertz CT molecular complexity index is 360. The van der Waals surface area contributed by atoms with E-state index in [-0.39, 0.29) is 18.0 Å². The number of likely N-dealkylation sites (N-methyl/N-ethyl adjacent to an activating group) is 1. The second-order valence-corrected chi connectivity index (χ2v) is 6.20. The van der Waals surface area contributed by atoms with Gasteiger partial charge in [0.05, 0.1) is 6.54 Å². The van der Waals surface area contributed by atoms with Gasteiger partial charge in [-0.15, -0.1) is 11.3 Å². The molecule has 0 aliphatic carbocycles. The van der Waals surface area contributed by atoms with Crippen molar-refractivity contribution in [3.63, 3.8) is 0 Å². The molecule has 0 bridgehead atoms. The molecule has 0 aliphatic heterocycles. The fourth-order valence-electron chi connectivity index (χ4n) is 1.74. The number of hydrogen-bond acceptors (Lipinski definition) is 3. The maximum atomic E-state index is 11.9. The zero-order valence-corrected chi connectivity index (χ0v) is 12.8. The monoisotopic (exact) mass is 268 g/mol. The van der Waals surface area contributed by atoms with Crippen molar-refractivity contribution >= 4 is 17.2 Å². The fourth-order valence-corrected chi connectivity index (χ4v) is 2.72. The quantitative estimate of drug-likeness (QED) is 0.860. The molecule has 102 valence electrons. The van der Waals surface area contributed by atoms with Crippen molar-refractivity contribution in [2.24, 2.45) is 5.92 Å². The Labute approximate surface area is 114 Å². The van der Waals surface area contributed by atoms with Gasteiger partial charge in [-0.2, -0.15) is 0 Å². The summed E-state index contributed by atoms with van der Waals surface area (Å²) >= 11 is 1.74. The molecular weight excluding hydrogens is 244 g/mol. The summed E-state index contributed by atoms with van der Waals surface area (Å²) in [6.45, 7) is 8.80. The minimum absolute atomic E-state index is 0.146. The minimum atomic E-state index is 0.146.